The van der Waals surface area contributed by atoms with Gasteiger partial charge in [-0.3, -0.25) is 4.79 Å². The van der Waals surface area contributed by atoms with Crippen LogP contribution in [0.15, 0.2) is 42.5 Å². The molecule has 7 heteroatoms. The number of rotatable bonds is 5. The maximum Gasteiger partial charge on any atom is 0.238 e. The van der Waals surface area contributed by atoms with Gasteiger partial charge in [-0.25, -0.2) is 4.39 Å². The summed E-state index contributed by atoms with van der Waals surface area (Å²) in [5.74, 6) is -0.657. The fourth-order valence-electron chi connectivity index (χ4n) is 4.41. The number of amides is 1. The van der Waals surface area contributed by atoms with Gasteiger partial charge in [-0.05, 0) is 47.6 Å². The van der Waals surface area contributed by atoms with Crippen LogP contribution in [0.2, 0.25) is 0 Å². The van der Waals surface area contributed by atoms with Gasteiger partial charge in [-0.15, -0.1) is 0 Å². The average molecular weight is 404 g/mol. The Labute approximate surface area is 173 Å². The second-order valence-corrected chi connectivity index (χ2v) is 7.95. The predicted octanol–water partition coefficient (Wildman–Crippen LogP) is 2.03. The van der Waals surface area contributed by atoms with Crippen LogP contribution in [0, 0.1) is 34.4 Å². The lowest BCUT2D eigenvalue weighted by molar-refractivity contribution is -0.124. The Morgan fingerprint density at radius 1 is 1.20 bits per heavy atom. The molecule has 1 aliphatic heterocycles. The van der Waals surface area contributed by atoms with Crippen LogP contribution >= 0.6 is 0 Å². The molecule has 2 aromatic rings. The van der Waals surface area contributed by atoms with Gasteiger partial charge in [0.05, 0.1) is 23.8 Å². The standard InChI is InChI=1S/C23H21FN4O2/c24-19-8-15(5-6-16(19)11-25)14-3-1-13(2-4-14)7-18(12-26)27-23(30)22-17-9-20(28-22)21(29)10-17/h1-6,8,17-18,20-22,28-29H,7,9-10H2,(H,27,30)/t17-,18+,20+,21+,22?/m1/s1. The Bertz CT molecular complexity index is 1040. The highest BCUT2D eigenvalue weighted by Gasteiger charge is 2.47. The molecule has 1 unspecified atom stereocenters. The summed E-state index contributed by atoms with van der Waals surface area (Å²) in [4.78, 5) is 12.6. The van der Waals surface area contributed by atoms with Crippen LogP contribution in [-0.4, -0.2) is 35.2 Å². The third-order valence-corrected chi connectivity index (χ3v) is 6.00. The number of nitrogens with one attached hydrogen (secondary N) is 2. The Morgan fingerprint density at radius 2 is 1.93 bits per heavy atom. The second-order valence-electron chi connectivity index (χ2n) is 7.95. The lowest BCUT2D eigenvalue weighted by Gasteiger charge is -2.26. The predicted molar refractivity (Wildman–Crippen MR) is 107 cm³/mol. The van der Waals surface area contributed by atoms with Crippen LogP contribution in [0.25, 0.3) is 11.1 Å². The minimum absolute atomic E-state index is 0.00228. The maximum atomic E-state index is 13.8. The molecule has 3 N–H and O–H groups in total. The van der Waals surface area contributed by atoms with E-state index >= 15 is 0 Å². The van der Waals surface area contributed by atoms with Gasteiger partial charge >= 0.3 is 0 Å². The van der Waals surface area contributed by atoms with Gasteiger partial charge in [0.1, 0.15) is 17.9 Å². The van der Waals surface area contributed by atoms with E-state index < -0.39 is 18.0 Å². The molecule has 152 valence electrons. The number of carbonyl (C=O) groups is 1. The largest absolute Gasteiger partial charge is 0.391 e. The van der Waals surface area contributed by atoms with Crippen LogP contribution in [0.4, 0.5) is 4.39 Å². The minimum Gasteiger partial charge on any atom is -0.391 e. The van der Waals surface area contributed by atoms with E-state index in [0.29, 0.717) is 18.4 Å². The molecule has 0 radical (unpaired) electrons. The molecule has 0 aromatic heterocycles. The molecule has 0 spiro atoms. The Morgan fingerprint density at radius 3 is 2.50 bits per heavy atom. The van der Waals surface area contributed by atoms with Gasteiger partial charge in [0.25, 0.3) is 0 Å². The van der Waals surface area contributed by atoms with Crippen molar-refractivity contribution in [2.24, 2.45) is 5.92 Å². The number of fused-ring (bicyclic) bond motifs is 2. The summed E-state index contributed by atoms with van der Waals surface area (Å²) in [5, 5.41) is 34.1. The third-order valence-electron chi connectivity index (χ3n) is 6.00. The molecule has 6 nitrogen and oxygen atoms in total. The van der Waals surface area contributed by atoms with Crippen molar-refractivity contribution in [1.29, 1.82) is 10.5 Å². The molecular weight excluding hydrogens is 383 g/mol. The number of nitrogens with zero attached hydrogens (tertiary/aromatic N) is 2. The fourth-order valence-corrected chi connectivity index (χ4v) is 4.41. The highest BCUT2D eigenvalue weighted by Crippen LogP contribution is 2.35. The molecular formula is C23H21FN4O2. The molecule has 2 aliphatic rings. The second kappa shape index (κ2) is 8.23. The molecule has 1 saturated heterocycles. The zero-order valence-corrected chi connectivity index (χ0v) is 16.2. The van der Waals surface area contributed by atoms with E-state index in [4.69, 9.17) is 5.26 Å². The van der Waals surface area contributed by atoms with Gasteiger partial charge < -0.3 is 15.7 Å². The molecule has 1 saturated carbocycles. The van der Waals surface area contributed by atoms with Crippen molar-refractivity contribution in [2.75, 3.05) is 0 Å². The third kappa shape index (κ3) is 3.91. The van der Waals surface area contributed by atoms with Crippen LogP contribution in [0.5, 0.6) is 0 Å². The number of nitriles is 2. The molecule has 30 heavy (non-hydrogen) atoms. The van der Waals surface area contributed by atoms with Crippen LogP contribution < -0.4 is 10.6 Å². The quantitative estimate of drug-likeness (QED) is 0.707. The average Bonchev–Trinajstić information content (AvgIpc) is 3.33. The number of piperidine rings is 1. The number of benzene rings is 2. The van der Waals surface area contributed by atoms with Crippen LogP contribution in [-0.2, 0) is 11.2 Å². The van der Waals surface area contributed by atoms with Crippen LogP contribution in [0.1, 0.15) is 24.0 Å². The fraction of sp³-hybridized carbons (Fsp3) is 0.348. The summed E-state index contributed by atoms with van der Waals surface area (Å²) in [6, 6.07) is 14.7. The molecule has 1 heterocycles. The number of hydrogen-bond donors (Lipinski definition) is 3. The zero-order valence-electron chi connectivity index (χ0n) is 16.2. The van der Waals surface area contributed by atoms with E-state index in [9.17, 15) is 19.6 Å². The first-order valence-electron chi connectivity index (χ1n) is 9.91. The first-order chi connectivity index (χ1) is 14.5. The molecule has 4 rings (SSSR count). The van der Waals surface area contributed by atoms with Crippen molar-refractivity contribution in [1.82, 2.24) is 10.6 Å². The Kier molecular flexibility index (Phi) is 5.50. The van der Waals surface area contributed by atoms with Gasteiger partial charge in [-0.2, -0.15) is 10.5 Å². The van der Waals surface area contributed by atoms with Crippen molar-refractivity contribution in [3.63, 3.8) is 0 Å². The number of hydrogen-bond acceptors (Lipinski definition) is 5. The van der Waals surface area contributed by atoms with Crippen molar-refractivity contribution in [3.05, 3.63) is 59.4 Å². The van der Waals surface area contributed by atoms with Crippen molar-refractivity contribution in [3.8, 4) is 23.3 Å². The summed E-state index contributed by atoms with van der Waals surface area (Å²) in [6.45, 7) is 0. The van der Waals surface area contributed by atoms with Crippen LogP contribution in [0.3, 0.4) is 0 Å². The molecule has 1 amide bonds. The first kappa shape index (κ1) is 20.0. The summed E-state index contributed by atoms with van der Waals surface area (Å²) in [5.41, 5.74) is 2.33. The highest BCUT2D eigenvalue weighted by molar-refractivity contribution is 5.83. The highest BCUT2D eigenvalue weighted by atomic mass is 19.1. The lowest BCUT2D eigenvalue weighted by Crippen LogP contribution is -2.53. The van der Waals surface area contributed by atoms with Crippen molar-refractivity contribution < 1.29 is 14.3 Å². The topological polar surface area (TPSA) is 109 Å². The molecule has 2 aromatic carbocycles. The SMILES string of the molecule is N#Cc1ccc(-c2ccc(C[C@@H](C#N)NC(=O)C3N[C@H]4C[C@@H]3C[C@@H]4O)cc2)cc1F. The van der Waals surface area contributed by atoms with E-state index in [1.54, 1.807) is 12.1 Å². The molecule has 2 bridgehead atoms. The Hall–Kier alpha value is -3.26. The summed E-state index contributed by atoms with van der Waals surface area (Å²) in [6.07, 6.45) is 1.36. The van der Waals surface area contributed by atoms with E-state index in [0.717, 1.165) is 17.5 Å². The smallest absolute Gasteiger partial charge is 0.238 e. The van der Waals surface area contributed by atoms with E-state index in [-0.39, 0.29) is 29.5 Å². The number of carbonyl (C=O) groups excluding carboxylic acids is 1. The van der Waals surface area contributed by atoms with Gasteiger partial charge in [0.15, 0.2) is 0 Å². The summed E-state index contributed by atoms with van der Waals surface area (Å²) in [7, 11) is 0. The Balaban J connectivity index is 1.38. The normalized spacial score (nSPS) is 25.3. The maximum absolute atomic E-state index is 13.8. The van der Waals surface area contributed by atoms with Gasteiger partial charge in [-0.1, -0.05) is 30.3 Å². The number of aliphatic hydroxyl groups excluding tert-OH is 1. The molecule has 1 aliphatic carbocycles. The van der Waals surface area contributed by atoms with Crippen molar-refractivity contribution in [2.45, 2.75) is 43.5 Å². The zero-order chi connectivity index (χ0) is 21.3. The van der Waals surface area contributed by atoms with E-state index in [1.165, 1.54) is 12.1 Å². The minimum atomic E-state index is -0.665. The van der Waals surface area contributed by atoms with Crippen molar-refractivity contribution >= 4 is 5.91 Å². The number of aliphatic hydroxyl groups is 1. The van der Waals surface area contributed by atoms with E-state index in [2.05, 4.69) is 16.7 Å². The monoisotopic (exact) mass is 404 g/mol. The summed E-state index contributed by atoms with van der Waals surface area (Å²) >= 11 is 0. The first-order valence-corrected chi connectivity index (χ1v) is 9.91. The summed E-state index contributed by atoms with van der Waals surface area (Å²) < 4.78 is 13.8. The molecule has 2 fully saturated rings. The van der Waals surface area contributed by atoms with E-state index in [1.807, 2.05) is 24.3 Å². The van der Waals surface area contributed by atoms with Gasteiger partial charge in [0, 0.05) is 12.5 Å². The molecule has 5 atom stereocenters. The van der Waals surface area contributed by atoms with Gasteiger partial charge in [0.2, 0.25) is 5.91 Å². The number of halogens is 1. The lowest BCUT2D eigenvalue weighted by atomic mass is 9.97.